The zero-order chi connectivity index (χ0) is 21.9. The summed E-state index contributed by atoms with van der Waals surface area (Å²) >= 11 is 0. The van der Waals surface area contributed by atoms with Crippen molar-refractivity contribution < 1.29 is 24.2 Å². The zero-order valence-electron chi connectivity index (χ0n) is 17.8. The Bertz CT molecular complexity index is 777. The molecule has 164 valence electrons. The van der Waals surface area contributed by atoms with E-state index in [0.29, 0.717) is 38.8 Å². The van der Waals surface area contributed by atoms with Crippen LogP contribution in [0.5, 0.6) is 0 Å². The number of alkyl carbamates (subject to hydrolysis) is 1. The number of likely N-dealkylation sites (tertiary alicyclic amines) is 2. The number of benzene rings is 1. The average molecular weight is 418 g/mol. The molecule has 3 amide bonds. The molecule has 0 aliphatic carbocycles. The first-order valence-corrected chi connectivity index (χ1v) is 10.5. The smallest absolute Gasteiger partial charge is 0.408 e. The van der Waals surface area contributed by atoms with Gasteiger partial charge in [-0.05, 0) is 52.0 Å². The quantitative estimate of drug-likeness (QED) is 0.785. The molecule has 30 heavy (non-hydrogen) atoms. The molecular formula is C22H31N3O5. The van der Waals surface area contributed by atoms with Gasteiger partial charge in [-0.2, -0.15) is 0 Å². The van der Waals surface area contributed by atoms with Gasteiger partial charge < -0.3 is 25.0 Å². The van der Waals surface area contributed by atoms with E-state index in [0.717, 1.165) is 5.56 Å². The fourth-order valence-electron chi connectivity index (χ4n) is 4.29. The molecule has 2 aliphatic heterocycles. The summed E-state index contributed by atoms with van der Waals surface area (Å²) in [6, 6.07) is 8.99. The first kappa shape index (κ1) is 21.9. The highest BCUT2D eigenvalue weighted by atomic mass is 16.6. The van der Waals surface area contributed by atoms with Crippen molar-refractivity contribution in [3.63, 3.8) is 0 Å². The number of nitrogens with one attached hydrogen (secondary N) is 1. The molecule has 0 spiro atoms. The van der Waals surface area contributed by atoms with Gasteiger partial charge in [0.15, 0.2) is 0 Å². The summed E-state index contributed by atoms with van der Waals surface area (Å²) in [7, 11) is 0. The topological polar surface area (TPSA) is 99.2 Å². The van der Waals surface area contributed by atoms with Crippen molar-refractivity contribution in [3.05, 3.63) is 35.9 Å². The Balaban J connectivity index is 1.63. The number of rotatable bonds is 4. The van der Waals surface area contributed by atoms with Crippen LogP contribution in [0.3, 0.4) is 0 Å². The molecule has 3 atom stereocenters. The van der Waals surface area contributed by atoms with Crippen LogP contribution in [-0.2, 0) is 16.0 Å². The maximum absolute atomic E-state index is 12.9. The van der Waals surface area contributed by atoms with Crippen molar-refractivity contribution >= 4 is 18.1 Å². The van der Waals surface area contributed by atoms with Crippen LogP contribution in [-0.4, -0.2) is 69.8 Å². The predicted molar refractivity (Wildman–Crippen MR) is 111 cm³/mol. The minimum Gasteiger partial charge on any atom is -0.465 e. The number of piperidine rings is 1. The van der Waals surface area contributed by atoms with Gasteiger partial charge in [-0.15, -0.1) is 0 Å². The number of nitrogens with zero attached hydrogens (tertiary/aromatic N) is 2. The fraction of sp³-hybridized carbons (Fsp3) is 0.591. The van der Waals surface area contributed by atoms with Crippen LogP contribution in [0.2, 0.25) is 0 Å². The van der Waals surface area contributed by atoms with Gasteiger partial charge >= 0.3 is 12.2 Å². The summed E-state index contributed by atoms with van der Waals surface area (Å²) < 4.78 is 5.26. The van der Waals surface area contributed by atoms with E-state index in [1.165, 1.54) is 4.90 Å². The third-order valence-corrected chi connectivity index (χ3v) is 5.62. The Morgan fingerprint density at radius 2 is 1.87 bits per heavy atom. The molecule has 3 unspecified atom stereocenters. The monoisotopic (exact) mass is 417 g/mol. The Labute approximate surface area is 177 Å². The number of hydrogen-bond donors (Lipinski definition) is 2. The molecule has 8 heteroatoms. The van der Waals surface area contributed by atoms with Crippen LogP contribution in [0.15, 0.2) is 30.3 Å². The Morgan fingerprint density at radius 1 is 1.17 bits per heavy atom. The lowest BCUT2D eigenvalue weighted by molar-refractivity contribution is -0.132. The molecule has 1 aromatic carbocycles. The van der Waals surface area contributed by atoms with E-state index in [-0.39, 0.29) is 18.0 Å². The SMILES string of the molecule is CC(C)(C)OC(=O)NC1CCN(C2CCN(C(=O)O)C(Cc3ccccc3)C2)C1=O. The highest BCUT2D eigenvalue weighted by Gasteiger charge is 2.41. The van der Waals surface area contributed by atoms with Crippen molar-refractivity contribution in [1.82, 2.24) is 15.1 Å². The van der Waals surface area contributed by atoms with E-state index in [1.807, 2.05) is 30.3 Å². The van der Waals surface area contributed by atoms with Crippen LogP contribution in [0.25, 0.3) is 0 Å². The summed E-state index contributed by atoms with van der Waals surface area (Å²) in [5.41, 5.74) is 0.450. The third kappa shape index (κ3) is 5.43. The standard InChI is InChI=1S/C22H31N3O5/c1-22(2,3)30-20(27)23-18-10-12-24(19(18)26)16-9-11-25(21(28)29)17(14-16)13-15-7-5-4-6-8-15/h4-8,16-18H,9-14H2,1-3H3,(H,23,27)(H,28,29). The molecule has 2 N–H and O–H groups in total. The molecule has 0 aromatic heterocycles. The van der Waals surface area contributed by atoms with Crippen LogP contribution in [0.4, 0.5) is 9.59 Å². The minimum atomic E-state index is -0.924. The number of carbonyl (C=O) groups excluding carboxylic acids is 2. The lowest BCUT2D eigenvalue weighted by atomic mass is 9.91. The van der Waals surface area contributed by atoms with E-state index < -0.39 is 23.8 Å². The van der Waals surface area contributed by atoms with Crippen LogP contribution in [0.1, 0.15) is 45.6 Å². The van der Waals surface area contributed by atoms with Gasteiger partial charge in [-0.25, -0.2) is 9.59 Å². The normalized spacial score (nSPS) is 24.6. The van der Waals surface area contributed by atoms with Crippen molar-refractivity contribution in [1.29, 1.82) is 0 Å². The Morgan fingerprint density at radius 3 is 2.50 bits per heavy atom. The molecule has 0 bridgehead atoms. The lowest BCUT2D eigenvalue weighted by Crippen LogP contribution is -2.54. The summed E-state index contributed by atoms with van der Waals surface area (Å²) in [4.78, 5) is 40.0. The van der Waals surface area contributed by atoms with Crippen LogP contribution >= 0.6 is 0 Å². The number of carbonyl (C=O) groups is 3. The van der Waals surface area contributed by atoms with E-state index >= 15 is 0 Å². The molecular weight excluding hydrogens is 386 g/mol. The second-order valence-electron chi connectivity index (χ2n) is 9.02. The first-order chi connectivity index (χ1) is 14.1. The van der Waals surface area contributed by atoms with Gasteiger partial charge in [-0.3, -0.25) is 4.79 Å². The molecule has 0 radical (unpaired) electrons. The first-order valence-electron chi connectivity index (χ1n) is 10.5. The van der Waals surface area contributed by atoms with Crippen molar-refractivity contribution in [3.8, 4) is 0 Å². The minimum absolute atomic E-state index is 0.0350. The van der Waals surface area contributed by atoms with E-state index in [4.69, 9.17) is 4.74 Å². The molecule has 2 saturated heterocycles. The number of carboxylic acid groups (broad SMARTS) is 1. The lowest BCUT2D eigenvalue weighted by Gasteiger charge is -2.41. The van der Waals surface area contributed by atoms with Gasteiger partial charge in [0.1, 0.15) is 11.6 Å². The summed E-state index contributed by atoms with van der Waals surface area (Å²) in [5, 5.41) is 12.3. The number of ether oxygens (including phenoxy) is 1. The van der Waals surface area contributed by atoms with Crippen molar-refractivity contribution in [2.45, 2.75) is 70.2 Å². The average Bonchev–Trinajstić information content (AvgIpc) is 3.01. The van der Waals surface area contributed by atoms with E-state index in [9.17, 15) is 19.5 Å². The van der Waals surface area contributed by atoms with E-state index in [1.54, 1.807) is 25.7 Å². The van der Waals surface area contributed by atoms with Gasteiger partial charge in [0.25, 0.3) is 0 Å². The third-order valence-electron chi connectivity index (χ3n) is 5.62. The number of amides is 3. The Hall–Kier alpha value is -2.77. The summed E-state index contributed by atoms with van der Waals surface area (Å²) in [5.74, 6) is -0.118. The highest BCUT2D eigenvalue weighted by Crippen LogP contribution is 2.28. The van der Waals surface area contributed by atoms with Crippen LogP contribution < -0.4 is 5.32 Å². The molecule has 2 heterocycles. The second-order valence-corrected chi connectivity index (χ2v) is 9.02. The maximum atomic E-state index is 12.9. The maximum Gasteiger partial charge on any atom is 0.408 e. The molecule has 2 aliphatic rings. The largest absolute Gasteiger partial charge is 0.465 e. The molecule has 8 nitrogen and oxygen atoms in total. The van der Waals surface area contributed by atoms with Gasteiger partial charge in [-0.1, -0.05) is 30.3 Å². The molecule has 2 fully saturated rings. The zero-order valence-corrected chi connectivity index (χ0v) is 17.8. The highest BCUT2D eigenvalue weighted by molar-refractivity contribution is 5.87. The van der Waals surface area contributed by atoms with Crippen molar-refractivity contribution in [2.75, 3.05) is 13.1 Å². The van der Waals surface area contributed by atoms with Crippen LogP contribution in [0, 0.1) is 0 Å². The summed E-state index contributed by atoms with van der Waals surface area (Å²) in [6.45, 7) is 6.27. The van der Waals surface area contributed by atoms with Gasteiger partial charge in [0, 0.05) is 25.2 Å². The summed E-state index contributed by atoms with van der Waals surface area (Å²) in [6.07, 6.45) is 0.817. The van der Waals surface area contributed by atoms with Gasteiger partial charge in [0.2, 0.25) is 5.91 Å². The van der Waals surface area contributed by atoms with E-state index in [2.05, 4.69) is 5.32 Å². The molecule has 0 saturated carbocycles. The fourth-order valence-corrected chi connectivity index (χ4v) is 4.29. The number of hydrogen-bond acceptors (Lipinski definition) is 4. The molecule has 1 aromatic rings. The van der Waals surface area contributed by atoms with Gasteiger partial charge in [0.05, 0.1) is 0 Å². The molecule has 3 rings (SSSR count). The Kier molecular flexibility index (Phi) is 6.53. The van der Waals surface area contributed by atoms with Crippen molar-refractivity contribution in [2.24, 2.45) is 0 Å². The predicted octanol–water partition coefficient (Wildman–Crippen LogP) is 2.87. The second kappa shape index (κ2) is 8.93.